The van der Waals surface area contributed by atoms with Gasteiger partial charge in [0.25, 0.3) is 5.69 Å². The van der Waals surface area contributed by atoms with Crippen LogP contribution in [0.2, 0.25) is 0 Å². The Hall–Kier alpha value is -2.02. The van der Waals surface area contributed by atoms with E-state index in [9.17, 15) is 10.1 Å². The van der Waals surface area contributed by atoms with Crippen molar-refractivity contribution in [2.45, 2.75) is 5.88 Å². The molecule has 0 aliphatic rings. The van der Waals surface area contributed by atoms with Crippen LogP contribution in [0, 0.1) is 10.1 Å². The predicted octanol–water partition coefficient (Wildman–Crippen LogP) is 1.31. The molecule has 1 heterocycles. The zero-order valence-corrected chi connectivity index (χ0v) is 8.70. The Morgan fingerprint density at radius 3 is 2.88 bits per heavy atom. The molecule has 1 aromatic carbocycles. The largest absolute Gasteiger partial charge is 0.295 e. The molecule has 16 heavy (non-hydrogen) atoms. The minimum absolute atomic E-state index is 0.0684. The maximum absolute atomic E-state index is 10.8. The van der Waals surface area contributed by atoms with Gasteiger partial charge >= 0.3 is 0 Å². The van der Waals surface area contributed by atoms with Gasteiger partial charge < -0.3 is 0 Å². The van der Waals surface area contributed by atoms with E-state index >= 15 is 0 Å². The number of alkyl halides is 1. The van der Waals surface area contributed by atoms with Crippen LogP contribution in [0.5, 0.6) is 0 Å². The lowest BCUT2D eigenvalue weighted by atomic mass is 10.3. The fraction of sp³-hybridized carbons (Fsp3) is 0.125. The molecule has 0 saturated heterocycles. The van der Waals surface area contributed by atoms with Crippen LogP contribution in [0.25, 0.3) is 5.69 Å². The van der Waals surface area contributed by atoms with E-state index in [0.29, 0.717) is 11.5 Å². The van der Waals surface area contributed by atoms with E-state index in [1.54, 1.807) is 18.2 Å². The summed E-state index contributed by atoms with van der Waals surface area (Å²) < 4.78 is 1.26. The second-order valence-corrected chi connectivity index (χ2v) is 3.15. The highest BCUT2D eigenvalue weighted by Crippen LogP contribution is 2.22. The molecule has 0 saturated carbocycles. The van der Waals surface area contributed by atoms with Crippen LogP contribution in [0.3, 0.4) is 0 Å². The lowest BCUT2D eigenvalue weighted by Crippen LogP contribution is -2.04. The smallest absolute Gasteiger partial charge is 0.258 e. The van der Waals surface area contributed by atoms with Gasteiger partial charge in [-0.15, -0.1) is 16.7 Å². The maximum atomic E-state index is 10.8. The molecular formula is C8H6ClN5O2. The van der Waals surface area contributed by atoms with Gasteiger partial charge in [-0.05, 0) is 16.5 Å². The van der Waals surface area contributed by atoms with Gasteiger partial charge in [0.2, 0.25) is 0 Å². The highest BCUT2D eigenvalue weighted by atomic mass is 35.5. The molecule has 0 N–H and O–H groups in total. The number of hydrogen-bond donors (Lipinski definition) is 0. The molecule has 0 fully saturated rings. The first-order chi connectivity index (χ1) is 7.74. The Kier molecular flexibility index (Phi) is 2.78. The zero-order valence-electron chi connectivity index (χ0n) is 7.95. The van der Waals surface area contributed by atoms with E-state index in [-0.39, 0.29) is 11.6 Å². The number of nitro benzene ring substituents is 1. The van der Waals surface area contributed by atoms with Crippen LogP contribution in [0.15, 0.2) is 24.3 Å². The molecule has 2 aromatic rings. The second-order valence-electron chi connectivity index (χ2n) is 2.89. The van der Waals surface area contributed by atoms with Gasteiger partial charge in [0.05, 0.1) is 10.8 Å². The number of nitro groups is 1. The average Bonchev–Trinajstić information content (AvgIpc) is 2.76. The first-order valence-electron chi connectivity index (χ1n) is 4.31. The first kappa shape index (κ1) is 10.5. The molecule has 0 unspecified atom stereocenters. The van der Waals surface area contributed by atoms with Crippen LogP contribution < -0.4 is 0 Å². The number of aromatic nitrogens is 4. The molecule has 0 spiro atoms. The Balaban J connectivity index is 2.60. The van der Waals surface area contributed by atoms with Crippen LogP contribution in [0.4, 0.5) is 5.69 Å². The van der Waals surface area contributed by atoms with E-state index in [2.05, 4.69) is 15.5 Å². The van der Waals surface area contributed by atoms with Gasteiger partial charge in [0.1, 0.15) is 5.69 Å². The summed E-state index contributed by atoms with van der Waals surface area (Å²) in [5.74, 6) is 0.440. The van der Waals surface area contributed by atoms with Crippen LogP contribution in [-0.2, 0) is 5.88 Å². The van der Waals surface area contributed by atoms with Crippen LogP contribution in [0.1, 0.15) is 5.82 Å². The predicted molar refractivity (Wildman–Crippen MR) is 55.4 cm³/mol. The van der Waals surface area contributed by atoms with Crippen molar-refractivity contribution < 1.29 is 4.92 Å². The summed E-state index contributed by atoms with van der Waals surface area (Å²) in [5.41, 5.74) is 0.231. The van der Waals surface area contributed by atoms with Crippen molar-refractivity contribution in [2.75, 3.05) is 0 Å². The van der Waals surface area contributed by atoms with Gasteiger partial charge in [-0.2, -0.15) is 4.68 Å². The van der Waals surface area contributed by atoms with Crippen molar-refractivity contribution in [2.24, 2.45) is 0 Å². The molecule has 1 aromatic heterocycles. The molecule has 0 bridgehead atoms. The van der Waals surface area contributed by atoms with Crippen molar-refractivity contribution in [3.8, 4) is 5.69 Å². The SMILES string of the molecule is O=[N+]([O-])c1ccccc1-n1nnnc1CCl. The first-order valence-corrected chi connectivity index (χ1v) is 4.84. The summed E-state index contributed by atoms with van der Waals surface area (Å²) in [6.07, 6.45) is 0. The summed E-state index contributed by atoms with van der Waals surface area (Å²) in [4.78, 5) is 10.3. The Bertz CT molecular complexity index is 527. The molecule has 7 nitrogen and oxygen atoms in total. The number of rotatable bonds is 3. The van der Waals surface area contributed by atoms with E-state index in [0.717, 1.165) is 0 Å². The van der Waals surface area contributed by atoms with Gasteiger partial charge in [-0.25, -0.2) is 0 Å². The fourth-order valence-corrected chi connectivity index (χ4v) is 1.44. The minimum atomic E-state index is -0.491. The number of nitrogens with zero attached hydrogens (tertiary/aromatic N) is 5. The average molecular weight is 240 g/mol. The van der Waals surface area contributed by atoms with Crippen molar-refractivity contribution in [3.63, 3.8) is 0 Å². The highest BCUT2D eigenvalue weighted by molar-refractivity contribution is 6.16. The zero-order chi connectivity index (χ0) is 11.5. The minimum Gasteiger partial charge on any atom is -0.258 e. The third-order valence-corrected chi connectivity index (χ3v) is 2.20. The van der Waals surface area contributed by atoms with Gasteiger partial charge in [-0.1, -0.05) is 12.1 Å². The summed E-state index contributed by atoms with van der Waals surface area (Å²) in [6, 6.07) is 6.19. The van der Waals surface area contributed by atoms with E-state index < -0.39 is 4.92 Å². The normalized spacial score (nSPS) is 10.3. The van der Waals surface area contributed by atoms with Crippen LogP contribution >= 0.6 is 11.6 Å². The third-order valence-electron chi connectivity index (χ3n) is 1.96. The molecule has 0 atom stereocenters. The molecule has 2 rings (SSSR count). The summed E-state index contributed by atoms with van der Waals surface area (Å²) >= 11 is 5.62. The molecule has 0 radical (unpaired) electrons. The third kappa shape index (κ3) is 1.72. The standard InChI is InChI=1S/C8H6ClN5O2/c9-5-8-10-11-12-13(8)6-3-1-2-4-7(6)14(15)16/h1-4H,5H2. The lowest BCUT2D eigenvalue weighted by Gasteiger charge is -2.02. The fourth-order valence-electron chi connectivity index (χ4n) is 1.27. The number of halogens is 1. The number of hydrogen-bond acceptors (Lipinski definition) is 5. The summed E-state index contributed by atoms with van der Waals surface area (Å²) in [6.45, 7) is 0. The van der Waals surface area contributed by atoms with Gasteiger partial charge in [-0.3, -0.25) is 10.1 Å². The van der Waals surface area contributed by atoms with Crippen molar-refractivity contribution in [1.82, 2.24) is 20.2 Å². The number of para-hydroxylation sites is 2. The lowest BCUT2D eigenvalue weighted by molar-refractivity contribution is -0.384. The highest BCUT2D eigenvalue weighted by Gasteiger charge is 2.17. The molecule has 0 amide bonds. The Morgan fingerprint density at radius 1 is 1.44 bits per heavy atom. The van der Waals surface area contributed by atoms with E-state index in [4.69, 9.17) is 11.6 Å². The topological polar surface area (TPSA) is 86.7 Å². The molecule has 0 aliphatic heterocycles. The number of tetrazole rings is 1. The van der Waals surface area contributed by atoms with E-state index in [1.165, 1.54) is 10.7 Å². The van der Waals surface area contributed by atoms with Gasteiger partial charge in [0.15, 0.2) is 5.82 Å². The van der Waals surface area contributed by atoms with Crippen molar-refractivity contribution in [3.05, 3.63) is 40.2 Å². The van der Waals surface area contributed by atoms with E-state index in [1.807, 2.05) is 0 Å². The quantitative estimate of drug-likeness (QED) is 0.458. The second kappa shape index (κ2) is 4.23. The monoisotopic (exact) mass is 239 g/mol. The molecular weight excluding hydrogens is 234 g/mol. The summed E-state index contributed by atoms with van der Waals surface area (Å²) in [5, 5.41) is 21.6. The van der Waals surface area contributed by atoms with Crippen LogP contribution in [-0.4, -0.2) is 25.1 Å². The van der Waals surface area contributed by atoms with Gasteiger partial charge in [0, 0.05) is 6.07 Å². The molecule has 82 valence electrons. The Morgan fingerprint density at radius 2 is 2.19 bits per heavy atom. The molecule has 8 heteroatoms. The number of benzene rings is 1. The maximum Gasteiger partial charge on any atom is 0.295 e. The Labute approximate surface area is 94.8 Å². The van der Waals surface area contributed by atoms with Crippen molar-refractivity contribution in [1.29, 1.82) is 0 Å². The summed E-state index contributed by atoms with van der Waals surface area (Å²) in [7, 11) is 0. The molecule has 0 aliphatic carbocycles. The van der Waals surface area contributed by atoms with Crippen molar-refractivity contribution >= 4 is 17.3 Å².